The Labute approximate surface area is 96.6 Å². The van der Waals surface area contributed by atoms with Crippen molar-refractivity contribution in [2.45, 2.75) is 25.7 Å². The van der Waals surface area contributed by atoms with E-state index in [1.165, 1.54) is 25.7 Å². The molecule has 1 aliphatic carbocycles. The second-order valence-electron chi connectivity index (χ2n) is 5.27. The van der Waals surface area contributed by atoms with Gasteiger partial charge in [0.05, 0.1) is 19.8 Å². The van der Waals surface area contributed by atoms with Gasteiger partial charge in [-0.05, 0) is 18.8 Å². The molecule has 1 saturated heterocycles. The number of amides is 1. The van der Waals surface area contributed by atoms with Crippen LogP contribution in [0.15, 0.2) is 0 Å². The van der Waals surface area contributed by atoms with Crippen LogP contribution in [-0.4, -0.2) is 49.3 Å². The van der Waals surface area contributed by atoms with E-state index in [2.05, 4.69) is 0 Å². The summed E-state index contributed by atoms with van der Waals surface area (Å²) in [5.41, 5.74) is -0.632. The largest absolute Gasteiger partial charge is 0.395 e. The summed E-state index contributed by atoms with van der Waals surface area (Å²) >= 11 is 0. The maximum atomic E-state index is 12.2. The normalized spacial score (nSPS) is 24.1. The second kappa shape index (κ2) is 4.72. The molecule has 1 saturated carbocycles. The van der Waals surface area contributed by atoms with Gasteiger partial charge in [0.15, 0.2) is 0 Å². The van der Waals surface area contributed by atoms with Crippen LogP contribution in [0.5, 0.6) is 0 Å². The first-order valence-corrected chi connectivity index (χ1v) is 6.12. The molecule has 0 bridgehead atoms. The maximum absolute atomic E-state index is 12.2. The fourth-order valence-electron chi connectivity index (χ4n) is 2.70. The highest BCUT2D eigenvalue weighted by atomic mass is 16.5. The molecule has 1 heterocycles. The molecule has 2 fully saturated rings. The Hall–Kier alpha value is -0.610. The van der Waals surface area contributed by atoms with Crippen molar-refractivity contribution < 1.29 is 14.6 Å². The van der Waals surface area contributed by atoms with E-state index in [0.717, 1.165) is 6.54 Å². The zero-order chi connectivity index (χ0) is 11.6. The van der Waals surface area contributed by atoms with Gasteiger partial charge in [0, 0.05) is 13.6 Å². The van der Waals surface area contributed by atoms with Crippen LogP contribution in [0.4, 0.5) is 0 Å². The van der Waals surface area contributed by atoms with Crippen molar-refractivity contribution in [3.63, 3.8) is 0 Å². The van der Waals surface area contributed by atoms with Crippen LogP contribution in [0.2, 0.25) is 0 Å². The van der Waals surface area contributed by atoms with E-state index >= 15 is 0 Å². The fraction of sp³-hybridized carbons (Fsp3) is 0.917. The second-order valence-corrected chi connectivity index (χ2v) is 5.27. The number of hydrogen-bond acceptors (Lipinski definition) is 3. The highest BCUT2D eigenvalue weighted by Gasteiger charge is 2.47. The Bertz CT molecular complexity index is 251. The van der Waals surface area contributed by atoms with Crippen LogP contribution in [0.3, 0.4) is 0 Å². The van der Waals surface area contributed by atoms with Crippen molar-refractivity contribution >= 4 is 5.91 Å². The Balaban J connectivity index is 1.88. The minimum atomic E-state index is -0.632. The van der Waals surface area contributed by atoms with Crippen molar-refractivity contribution in [1.82, 2.24) is 4.90 Å². The van der Waals surface area contributed by atoms with Crippen LogP contribution in [0, 0.1) is 11.3 Å². The molecular formula is C12H21NO3. The van der Waals surface area contributed by atoms with E-state index in [1.807, 2.05) is 7.05 Å². The Morgan fingerprint density at radius 2 is 2.06 bits per heavy atom. The number of rotatable bonds is 4. The average Bonchev–Trinajstić information content (AvgIpc) is 2.69. The number of ether oxygens (including phenoxy) is 1. The summed E-state index contributed by atoms with van der Waals surface area (Å²) in [6.45, 7) is 1.48. The summed E-state index contributed by atoms with van der Waals surface area (Å²) in [6, 6.07) is 0. The lowest BCUT2D eigenvalue weighted by Crippen LogP contribution is -2.57. The lowest BCUT2D eigenvalue weighted by molar-refractivity contribution is -0.179. The molecule has 1 aliphatic heterocycles. The van der Waals surface area contributed by atoms with Crippen LogP contribution in [0.1, 0.15) is 25.7 Å². The molecule has 1 N–H and O–H groups in total. The van der Waals surface area contributed by atoms with E-state index in [0.29, 0.717) is 19.1 Å². The van der Waals surface area contributed by atoms with Gasteiger partial charge in [0.25, 0.3) is 0 Å². The van der Waals surface area contributed by atoms with E-state index < -0.39 is 5.41 Å². The standard InChI is InChI=1S/C12H21NO3/c1-13(6-10-4-2-3-5-10)11(15)12(7-14)8-16-9-12/h10,14H,2-9H2,1H3. The Morgan fingerprint density at radius 3 is 2.50 bits per heavy atom. The third-order valence-corrected chi connectivity index (χ3v) is 3.87. The predicted octanol–water partition coefficient (Wildman–Crippen LogP) is 0.644. The van der Waals surface area contributed by atoms with Crippen LogP contribution in [-0.2, 0) is 9.53 Å². The molecule has 0 spiro atoms. The maximum Gasteiger partial charge on any atom is 0.235 e. The molecule has 4 nitrogen and oxygen atoms in total. The monoisotopic (exact) mass is 227 g/mol. The molecule has 1 amide bonds. The highest BCUT2D eigenvalue weighted by Crippen LogP contribution is 2.31. The molecule has 92 valence electrons. The van der Waals surface area contributed by atoms with Gasteiger partial charge in [-0.3, -0.25) is 4.79 Å². The van der Waals surface area contributed by atoms with E-state index in [4.69, 9.17) is 4.74 Å². The lowest BCUT2D eigenvalue weighted by atomic mass is 9.85. The van der Waals surface area contributed by atoms with Crippen LogP contribution in [0.25, 0.3) is 0 Å². The summed E-state index contributed by atoms with van der Waals surface area (Å²) in [5, 5.41) is 9.29. The minimum Gasteiger partial charge on any atom is -0.395 e. The van der Waals surface area contributed by atoms with Gasteiger partial charge in [-0.25, -0.2) is 0 Å². The summed E-state index contributed by atoms with van der Waals surface area (Å²) < 4.78 is 5.06. The average molecular weight is 227 g/mol. The molecule has 0 aromatic heterocycles. The minimum absolute atomic E-state index is 0.0492. The molecule has 0 aromatic carbocycles. The summed E-state index contributed by atoms with van der Waals surface area (Å²) in [6.07, 6.45) is 5.06. The van der Waals surface area contributed by atoms with Gasteiger partial charge < -0.3 is 14.7 Å². The van der Waals surface area contributed by atoms with Gasteiger partial charge in [0.2, 0.25) is 5.91 Å². The topological polar surface area (TPSA) is 49.8 Å². The number of carbonyl (C=O) groups excluding carboxylic acids is 1. The van der Waals surface area contributed by atoms with Gasteiger partial charge in [-0.15, -0.1) is 0 Å². The molecule has 2 rings (SSSR count). The smallest absolute Gasteiger partial charge is 0.235 e. The zero-order valence-corrected chi connectivity index (χ0v) is 9.95. The molecule has 0 radical (unpaired) electrons. The van der Waals surface area contributed by atoms with E-state index in [1.54, 1.807) is 4.90 Å². The van der Waals surface area contributed by atoms with Crippen LogP contribution >= 0.6 is 0 Å². The third kappa shape index (κ3) is 2.09. The molecule has 4 heteroatoms. The van der Waals surface area contributed by atoms with Crippen molar-refractivity contribution in [2.24, 2.45) is 11.3 Å². The van der Waals surface area contributed by atoms with Gasteiger partial charge in [-0.1, -0.05) is 12.8 Å². The highest BCUT2D eigenvalue weighted by molar-refractivity contribution is 5.83. The van der Waals surface area contributed by atoms with Crippen molar-refractivity contribution in [3.8, 4) is 0 Å². The third-order valence-electron chi connectivity index (χ3n) is 3.87. The van der Waals surface area contributed by atoms with Gasteiger partial charge in [0.1, 0.15) is 5.41 Å². The number of aliphatic hydroxyl groups is 1. The first-order valence-electron chi connectivity index (χ1n) is 6.12. The predicted molar refractivity (Wildman–Crippen MR) is 59.9 cm³/mol. The lowest BCUT2D eigenvalue weighted by Gasteiger charge is -2.41. The zero-order valence-electron chi connectivity index (χ0n) is 9.95. The SMILES string of the molecule is CN(CC1CCCC1)C(=O)C1(CO)COC1. The molecule has 16 heavy (non-hydrogen) atoms. The van der Waals surface area contributed by atoms with Crippen molar-refractivity contribution in [3.05, 3.63) is 0 Å². The summed E-state index contributed by atoms with van der Waals surface area (Å²) in [5.74, 6) is 0.707. The van der Waals surface area contributed by atoms with Crippen LogP contribution < -0.4 is 0 Å². The number of hydrogen-bond donors (Lipinski definition) is 1. The summed E-state index contributed by atoms with van der Waals surface area (Å²) in [4.78, 5) is 13.9. The van der Waals surface area contributed by atoms with Crippen molar-refractivity contribution in [1.29, 1.82) is 0 Å². The Morgan fingerprint density at radius 1 is 1.44 bits per heavy atom. The fourth-order valence-corrected chi connectivity index (χ4v) is 2.70. The molecule has 0 atom stereocenters. The van der Waals surface area contributed by atoms with Gasteiger partial charge in [-0.2, -0.15) is 0 Å². The quantitative estimate of drug-likeness (QED) is 0.767. The number of carbonyl (C=O) groups is 1. The first-order chi connectivity index (χ1) is 7.68. The number of aliphatic hydroxyl groups excluding tert-OH is 1. The van der Waals surface area contributed by atoms with E-state index in [9.17, 15) is 9.90 Å². The molecule has 2 aliphatic rings. The molecule has 0 aromatic rings. The number of nitrogens with zero attached hydrogens (tertiary/aromatic N) is 1. The van der Waals surface area contributed by atoms with E-state index in [-0.39, 0.29) is 12.5 Å². The molecular weight excluding hydrogens is 206 g/mol. The molecule has 0 unspecified atom stereocenters. The van der Waals surface area contributed by atoms with Crippen molar-refractivity contribution in [2.75, 3.05) is 33.4 Å². The first kappa shape index (κ1) is 11.9. The summed E-state index contributed by atoms with van der Waals surface area (Å²) in [7, 11) is 1.84. The van der Waals surface area contributed by atoms with Gasteiger partial charge >= 0.3 is 0 Å². The Kier molecular flexibility index (Phi) is 3.50.